The Hall–Kier alpha value is -1.34. The van der Waals surface area contributed by atoms with Crippen LogP contribution in [0.1, 0.15) is 0 Å². The van der Waals surface area contributed by atoms with Crippen molar-refractivity contribution in [1.29, 1.82) is 0 Å². The van der Waals surface area contributed by atoms with E-state index in [0.717, 1.165) is 6.07 Å². The van der Waals surface area contributed by atoms with Crippen molar-refractivity contribution in [2.75, 3.05) is 9.93 Å². The van der Waals surface area contributed by atoms with Crippen LogP contribution in [0, 0.1) is 10.1 Å². The lowest BCUT2D eigenvalue weighted by atomic mass is 10.3. The number of hydrogen-bond acceptors (Lipinski definition) is 4. The summed E-state index contributed by atoms with van der Waals surface area (Å²) in [5, 5.41) is 9.79. The quantitative estimate of drug-likeness (QED) is 0.499. The molecule has 1 aromatic rings. The molecule has 0 radical (unpaired) electrons. The van der Waals surface area contributed by atoms with E-state index >= 15 is 0 Å². The van der Waals surface area contributed by atoms with Crippen LogP contribution in [0.3, 0.4) is 0 Å². The van der Waals surface area contributed by atoms with Gasteiger partial charge in [0.25, 0.3) is 5.69 Å². The van der Waals surface area contributed by atoms with Crippen LogP contribution in [0.2, 0.25) is 0 Å². The van der Waals surface area contributed by atoms with Gasteiger partial charge in [-0.3, -0.25) is 14.8 Å². The van der Waals surface area contributed by atoms with E-state index in [-0.39, 0.29) is 11.4 Å². The Kier molecular flexibility index (Phi) is 3.48. The van der Waals surface area contributed by atoms with Crippen molar-refractivity contribution < 1.29 is 13.3 Å². The predicted octanol–water partition coefficient (Wildman–Crippen LogP) is 1.53. The molecular formula is C7H7ClN2O4S. The van der Waals surface area contributed by atoms with Gasteiger partial charge in [-0.15, -0.1) is 11.6 Å². The Morgan fingerprint density at radius 2 is 2.13 bits per heavy atom. The third-order valence-corrected chi connectivity index (χ3v) is 3.17. The number of rotatable bonds is 4. The van der Waals surface area contributed by atoms with Crippen LogP contribution in [-0.2, 0) is 10.0 Å². The zero-order valence-corrected chi connectivity index (χ0v) is 8.96. The van der Waals surface area contributed by atoms with Gasteiger partial charge >= 0.3 is 0 Å². The molecule has 0 bridgehead atoms. The number of nitrogens with zero attached hydrogens (tertiary/aromatic N) is 1. The number of sulfonamides is 1. The van der Waals surface area contributed by atoms with Crippen LogP contribution < -0.4 is 4.72 Å². The van der Waals surface area contributed by atoms with Crippen LogP contribution in [0.5, 0.6) is 0 Å². The third-order valence-electron chi connectivity index (χ3n) is 1.47. The molecule has 0 saturated heterocycles. The minimum Gasteiger partial charge on any atom is -0.282 e. The Morgan fingerprint density at radius 3 is 2.67 bits per heavy atom. The molecule has 0 amide bonds. The average Bonchev–Trinajstić information content (AvgIpc) is 2.17. The fourth-order valence-electron chi connectivity index (χ4n) is 0.890. The standard InChI is InChI=1S/C7H7ClN2O4S/c8-5-15(13,14)9-6-2-1-3-7(4-6)10(11)12/h1-4,9H,5H2. The van der Waals surface area contributed by atoms with E-state index < -0.39 is 20.2 Å². The maximum absolute atomic E-state index is 11.0. The van der Waals surface area contributed by atoms with Gasteiger partial charge in [0, 0.05) is 12.1 Å². The second-order valence-corrected chi connectivity index (χ2v) is 4.94. The lowest BCUT2D eigenvalue weighted by molar-refractivity contribution is -0.384. The zero-order valence-electron chi connectivity index (χ0n) is 7.38. The molecule has 0 aliphatic carbocycles. The van der Waals surface area contributed by atoms with Gasteiger partial charge in [0.15, 0.2) is 0 Å². The van der Waals surface area contributed by atoms with Crippen molar-refractivity contribution in [3.8, 4) is 0 Å². The molecule has 0 fully saturated rings. The van der Waals surface area contributed by atoms with Crippen molar-refractivity contribution in [3.05, 3.63) is 34.4 Å². The average molecular weight is 251 g/mol. The Balaban J connectivity index is 2.97. The zero-order chi connectivity index (χ0) is 11.5. The summed E-state index contributed by atoms with van der Waals surface area (Å²) >= 11 is 5.16. The predicted molar refractivity (Wildman–Crippen MR) is 56.4 cm³/mol. The number of hydrogen-bond donors (Lipinski definition) is 1. The highest BCUT2D eigenvalue weighted by molar-refractivity contribution is 7.93. The molecule has 0 aliphatic heterocycles. The summed E-state index contributed by atoms with van der Waals surface area (Å²) in [6, 6.07) is 5.16. The van der Waals surface area contributed by atoms with Crippen LogP contribution in [0.25, 0.3) is 0 Å². The first-order valence-corrected chi connectivity index (χ1v) is 5.94. The molecule has 82 valence electrons. The fourth-order valence-corrected chi connectivity index (χ4v) is 1.59. The van der Waals surface area contributed by atoms with Crippen molar-refractivity contribution in [1.82, 2.24) is 0 Å². The summed E-state index contributed by atoms with van der Waals surface area (Å²) in [5.41, 5.74) is -0.0744. The van der Waals surface area contributed by atoms with Gasteiger partial charge in [-0.25, -0.2) is 8.42 Å². The second kappa shape index (κ2) is 4.45. The van der Waals surface area contributed by atoms with E-state index in [1.807, 2.05) is 0 Å². The molecule has 1 rings (SSSR count). The lowest BCUT2D eigenvalue weighted by Crippen LogP contribution is -2.13. The van der Waals surface area contributed by atoms with Crippen molar-refractivity contribution in [3.63, 3.8) is 0 Å². The number of halogens is 1. The highest BCUT2D eigenvalue weighted by atomic mass is 35.5. The van der Waals surface area contributed by atoms with E-state index in [2.05, 4.69) is 4.72 Å². The monoisotopic (exact) mass is 250 g/mol. The number of benzene rings is 1. The number of non-ortho nitro benzene ring substituents is 1. The van der Waals surface area contributed by atoms with Gasteiger partial charge in [-0.05, 0) is 6.07 Å². The summed E-state index contributed by atoms with van der Waals surface area (Å²) in [4.78, 5) is 9.78. The molecule has 0 atom stereocenters. The first kappa shape index (κ1) is 11.7. The van der Waals surface area contributed by atoms with E-state index in [1.165, 1.54) is 18.2 Å². The molecule has 0 spiro atoms. The Morgan fingerprint density at radius 1 is 1.47 bits per heavy atom. The number of nitro benzene ring substituents is 1. The number of nitrogens with one attached hydrogen (secondary N) is 1. The first-order chi connectivity index (χ1) is 6.94. The molecule has 0 aromatic heterocycles. The summed E-state index contributed by atoms with van der Waals surface area (Å²) in [7, 11) is -3.62. The molecule has 0 unspecified atom stereocenters. The molecular weight excluding hydrogens is 244 g/mol. The summed E-state index contributed by atoms with van der Waals surface area (Å²) in [5.74, 6) is 0. The van der Waals surface area contributed by atoms with Gasteiger partial charge in [-0.1, -0.05) is 6.07 Å². The summed E-state index contributed by atoms with van der Waals surface area (Å²) in [6.07, 6.45) is 0. The normalized spacial score (nSPS) is 11.0. The SMILES string of the molecule is O=[N+]([O-])c1cccc(NS(=O)(=O)CCl)c1. The van der Waals surface area contributed by atoms with E-state index in [4.69, 9.17) is 11.6 Å². The second-order valence-electron chi connectivity index (χ2n) is 2.63. The molecule has 1 aromatic carbocycles. The van der Waals surface area contributed by atoms with Crippen LogP contribution in [-0.4, -0.2) is 18.6 Å². The molecule has 0 aliphatic rings. The van der Waals surface area contributed by atoms with Gasteiger partial charge < -0.3 is 0 Å². The molecule has 0 saturated carbocycles. The smallest absolute Gasteiger partial charge is 0.271 e. The van der Waals surface area contributed by atoms with E-state index in [9.17, 15) is 18.5 Å². The first-order valence-electron chi connectivity index (χ1n) is 3.75. The Labute approximate surface area is 91.1 Å². The maximum atomic E-state index is 11.0. The minimum absolute atomic E-state index is 0.116. The van der Waals surface area contributed by atoms with Gasteiger partial charge in [-0.2, -0.15) is 0 Å². The van der Waals surface area contributed by atoms with Gasteiger partial charge in [0.2, 0.25) is 10.0 Å². The number of alkyl halides is 1. The lowest BCUT2D eigenvalue weighted by Gasteiger charge is -2.03. The maximum Gasteiger partial charge on any atom is 0.271 e. The molecule has 0 heterocycles. The minimum atomic E-state index is -3.62. The van der Waals surface area contributed by atoms with E-state index in [0.29, 0.717) is 0 Å². The summed E-state index contributed by atoms with van der Waals surface area (Å²) < 4.78 is 24.2. The van der Waals surface area contributed by atoms with Crippen LogP contribution in [0.4, 0.5) is 11.4 Å². The highest BCUT2D eigenvalue weighted by Gasteiger charge is 2.11. The molecule has 1 N–H and O–H groups in total. The number of nitro groups is 1. The third kappa shape index (κ3) is 3.37. The van der Waals surface area contributed by atoms with Gasteiger partial charge in [0.1, 0.15) is 5.21 Å². The molecule has 8 heteroatoms. The van der Waals surface area contributed by atoms with Gasteiger partial charge in [0.05, 0.1) is 10.6 Å². The molecule has 6 nitrogen and oxygen atoms in total. The van der Waals surface area contributed by atoms with Crippen LogP contribution in [0.15, 0.2) is 24.3 Å². The number of anilines is 1. The van der Waals surface area contributed by atoms with Crippen molar-refractivity contribution in [2.24, 2.45) is 0 Å². The largest absolute Gasteiger partial charge is 0.282 e. The highest BCUT2D eigenvalue weighted by Crippen LogP contribution is 2.18. The fraction of sp³-hybridized carbons (Fsp3) is 0.143. The summed E-state index contributed by atoms with van der Waals surface area (Å²) in [6.45, 7) is 0. The Bertz CT molecular complexity index is 474. The van der Waals surface area contributed by atoms with Crippen molar-refractivity contribution >= 4 is 33.0 Å². The van der Waals surface area contributed by atoms with Crippen molar-refractivity contribution in [2.45, 2.75) is 0 Å². The molecule has 15 heavy (non-hydrogen) atoms. The topological polar surface area (TPSA) is 89.3 Å². The van der Waals surface area contributed by atoms with E-state index in [1.54, 1.807) is 0 Å². The van der Waals surface area contributed by atoms with Crippen LogP contribution >= 0.6 is 11.6 Å².